The summed E-state index contributed by atoms with van der Waals surface area (Å²) in [4.78, 5) is 25.7. The van der Waals surface area contributed by atoms with E-state index in [-0.39, 0.29) is 105 Å². The van der Waals surface area contributed by atoms with E-state index in [9.17, 15) is 14.7 Å². The molecule has 22 nitrogen and oxygen atoms in total. The molecule has 113 heavy (non-hydrogen) atoms. The van der Waals surface area contributed by atoms with Crippen molar-refractivity contribution in [1.82, 2.24) is 0 Å². The van der Waals surface area contributed by atoms with Crippen molar-refractivity contribution in [2.45, 2.75) is 165 Å². The molecule has 2 fully saturated rings. The molecule has 2 saturated heterocycles. The molecule has 2 heterocycles. The van der Waals surface area contributed by atoms with E-state index in [1.165, 1.54) is 21.1 Å². The van der Waals surface area contributed by atoms with E-state index in [1.54, 1.807) is 0 Å². The second kappa shape index (κ2) is 46.9. The summed E-state index contributed by atoms with van der Waals surface area (Å²) in [5.74, 6) is -0.802. The van der Waals surface area contributed by atoms with Gasteiger partial charge in [0.05, 0.1) is 106 Å². The summed E-state index contributed by atoms with van der Waals surface area (Å²) in [6, 6.07) is 86.0. The van der Waals surface area contributed by atoms with Crippen LogP contribution in [0.4, 0.5) is 0 Å². The van der Waals surface area contributed by atoms with Crippen LogP contribution in [0.1, 0.15) is 69.8 Å². The average Bonchev–Trinajstić information content (AvgIpc) is 1.67. The number of benzene rings is 9. The molecule has 11 rings (SSSR count). The Morgan fingerprint density at radius 1 is 0.363 bits per heavy atom. The highest BCUT2D eigenvalue weighted by molar-refractivity contribution is 7.48. The van der Waals surface area contributed by atoms with E-state index < -0.39 is 113 Å². The minimum Gasteiger partial charge on any atom is -0.456 e. The zero-order valence-electron chi connectivity index (χ0n) is 64.1. The number of carbonyl (C=O) groups excluding carboxylic acids is 2. The minimum atomic E-state index is -4.97. The lowest BCUT2D eigenvalue weighted by molar-refractivity contribution is -0.219. The maximum atomic E-state index is 16.6. The number of aliphatic hydroxyl groups excluding tert-OH is 1. The molecule has 1 N–H and O–H groups in total. The molecule has 0 saturated carbocycles. The van der Waals surface area contributed by atoms with Gasteiger partial charge in [-0.3, -0.25) is 18.4 Å². The monoisotopic (exact) mass is 1570 g/mol. The Labute approximate surface area is 662 Å². The lowest BCUT2D eigenvalue weighted by Gasteiger charge is -2.35. The number of methoxy groups -OCH3 is 2. The van der Waals surface area contributed by atoms with E-state index >= 15 is 4.57 Å². The molecule has 0 bridgehead atoms. The van der Waals surface area contributed by atoms with Crippen molar-refractivity contribution in [2.75, 3.05) is 53.9 Å². The zero-order chi connectivity index (χ0) is 78.5. The van der Waals surface area contributed by atoms with Gasteiger partial charge in [-0.15, -0.1) is 0 Å². The first-order valence-electron chi connectivity index (χ1n) is 38.2. The standard InChI is InChI=1S/C90H103O22P/c1-66(92)49-50-82(93)111-85-80(61-97-52-67-31-13-4-14-32-67)109-89(87(85)95-2)105-64-78(101-56-71-39-21-8-22-40-71)84(104-59-74-45-27-11-28-46-74)79(102-57-72-41-23-9-24-42-72)65-108-113(94,107-60-75-47-29-12-30-48-75)112-86-81(62-98-53-68-33-15-5-16-34-68)110-90(88(86)96-3)106-63-77(100-55-70-37-19-7-20-38-70)83(103-58-73-43-25-10-26-44-73)76(51-91)99-54-69-35-17-6-18-36-69/h4-48,76-81,83-91H,49-65H2,1-3H3. The molecule has 15 atom stereocenters. The largest absolute Gasteiger partial charge is 0.475 e. The number of hydrogen-bond acceptors (Lipinski definition) is 22. The molecule has 2 aliphatic rings. The van der Waals surface area contributed by atoms with E-state index in [0.29, 0.717) is 5.56 Å². The third-order valence-electron chi connectivity index (χ3n) is 19.0. The van der Waals surface area contributed by atoms with E-state index in [2.05, 4.69) is 0 Å². The van der Waals surface area contributed by atoms with Crippen molar-refractivity contribution in [2.24, 2.45) is 0 Å². The van der Waals surface area contributed by atoms with E-state index in [0.717, 1.165) is 44.5 Å². The first kappa shape index (κ1) is 85.5. The molecule has 0 aliphatic carbocycles. The van der Waals surface area contributed by atoms with Crippen LogP contribution < -0.4 is 0 Å². The summed E-state index contributed by atoms with van der Waals surface area (Å²) in [5.41, 5.74) is 7.45. The number of hydrogen-bond donors (Lipinski definition) is 1. The first-order valence-corrected chi connectivity index (χ1v) is 39.6. The van der Waals surface area contributed by atoms with Crippen molar-refractivity contribution >= 4 is 19.6 Å². The van der Waals surface area contributed by atoms with Gasteiger partial charge in [0.2, 0.25) is 0 Å². The SMILES string of the molecule is COC1C(OCC(OCc2ccccc2)C(OCc2ccccc2)C(COP(=O)(OCc2ccccc2)OC2C(COCc3ccccc3)OC(OCC(OCc3ccccc3)C(OCc3ccccc3)C(CO)OCc3ccccc3)C2OC)OCc2ccccc2)OC(COCc2ccccc2)C1OC(=O)CCC(C)=O. The Morgan fingerprint density at radius 3 is 1.01 bits per heavy atom. The summed E-state index contributed by atoms with van der Waals surface area (Å²) >= 11 is 0. The van der Waals surface area contributed by atoms with Crippen LogP contribution in [-0.2, 0) is 158 Å². The minimum absolute atomic E-state index is 0.00431. The van der Waals surface area contributed by atoms with Gasteiger partial charge in [0.1, 0.15) is 72.9 Å². The lowest BCUT2D eigenvalue weighted by Crippen LogP contribution is -2.48. The molecule has 9 aromatic carbocycles. The Kier molecular flexibility index (Phi) is 35.5. The molecular weight excluding hydrogens is 1460 g/mol. The summed E-state index contributed by atoms with van der Waals surface area (Å²) in [7, 11) is -2.04. The maximum Gasteiger partial charge on any atom is 0.475 e. The Hall–Kier alpha value is -8.37. The van der Waals surface area contributed by atoms with Gasteiger partial charge >= 0.3 is 13.8 Å². The van der Waals surface area contributed by atoms with Crippen molar-refractivity contribution in [1.29, 1.82) is 0 Å². The molecule has 9 aromatic rings. The van der Waals surface area contributed by atoms with Crippen molar-refractivity contribution < 1.29 is 104 Å². The van der Waals surface area contributed by atoms with Gasteiger partial charge in [-0.2, -0.15) is 0 Å². The number of carbonyl (C=O) groups is 2. The summed E-state index contributed by atoms with van der Waals surface area (Å²) in [6.45, 7) is 0.383. The molecule has 15 unspecified atom stereocenters. The molecular formula is C90H103O22P. The van der Waals surface area contributed by atoms with Crippen LogP contribution in [0.2, 0.25) is 0 Å². The highest BCUT2D eigenvalue weighted by Gasteiger charge is 2.53. The van der Waals surface area contributed by atoms with Gasteiger partial charge in [0.25, 0.3) is 0 Å². The highest BCUT2D eigenvalue weighted by Crippen LogP contribution is 2.54. The van der Waals surface area contributed by atoms with Crippen LogP contribution in [0, 0.1) is 0 Å². The molecule has 600 valence electrons. The number of aliphatic hydroxyl groups is 1. The number of rotatable bonds is 51. The molecule has 2 aliphatic heterocycles. The van der Waals surface area contributed by atoms with Crippen LogP contribution >= 0.6 is 7.82 Å². The fourth-order valence-corrected chi connectivity index (χ4v) is 14.3. The van der Waals surface area contributed by atoms with Gasteiger partial charge in [-0.1, -0.05) is 273 Å². The fourth-order valence-electron chi connectivity index (χ4n) is 12.9. The Morgan fingerprint density at radius 2 is 0.664 bits per heavy atom. The topological polar surface area (TPSA) is 238 Å². The van der Waals surface area contributed by atoms with E-state index in [4.69, 9.17) is 84.6 Å². The van der Waals surface area contributed by atoms with Crippen molar-refractivity contribution in [3.63, 3.8) is 0 Å². The van der Waals surface area contributed by atoms with E-state index in [1.807, 2.05) is 273 Å². The average molecular weight is 1570 g/mol. The van der Waals surface area contributed by atoms with Crippen LogP contribution in [-0.4, -0.2) is 157 Å². The smallest absolute Gasteiger partial charge is 0.456 e. The predicted octanol–water partition coefficient (Wildman–Crippen LogP) is 14.4. The van der Waals surface area contributed by atoms with Crippen LogP contribution in [0.25, 0.3) is 0 Å². The summed E-state index contributed by atoms with van der Waals surface area (Å²) < 4.78 is 137. The molecule has 0 aromatic heterocycles. The Balaban J connectivity index is 0.928. The van der Waals surface area contributed by atoms with Crippen LogP contribution in [0.5, 0.6) is 0 Å². The predicted molar refractivity (Wildman–Crippen MR) is 420 cm³/mol. The first-order chi connectivity index (χ1) is 55.5. The number of phosphoric ester groups is 1. The highest BCUT2D eigenvalue weighted by atomic mass is 31.2. The van der Waals surface area contributed by atoms with Gasteiger partial charge in [0.15, 0.2) is 18.7 Å². The quantitative estimate of drug-likeness (QED) is 0.0275. The molecule has 0 spiro atoms. The van der Waals surface area contributed by atoms with Crippen LogP contribution in [0.15, 0.2) is 273 Å². The normalized spacial score (nSPS) is 20.4. The fraction of sp³-hybridized carbons (Fsp3) is 0.378. The van der Waals surface area contributed by atoms with Gasteiger partial charge < -0.3 is 81.0 Å². The number of phosphoric acid groups is 1. The van der Waals surface area contributed by atoms with Gasteiger partial charge in [0, 0.05) is 20.6 Å². The molecule has 0 amide bonds. The number of Topliss-reactive ketones (excluding diaryl/α,β-unsaturated/α-hetero) is 1. The molecule has 23 heteroatoms. The summed E-state index contributed by atoms with van der Waals surface area (Å²) in [5, 5.41) is 11.3. The van der Waals surface area contributed by atoms with Gasteiger partial charge in [-0.25, -0.2) is 4.57 Å². The maximum absolute atomic E-state index is 16.6. The van der Waals surface area contributed by atoms with Crippen LogP contribution in [0.3, 0.4) is 0 Å². The lowest BCUT2D eigenvalue weighted by atomic mass is 10.1. The third kappa shape index (κ3) is 28.0. The van der Waals surface area contributed by atoms with Crippen molar-refractivity contribution in [3.8, 4) is 0 Å². The second-order valence-electron chi connectivity index (χ2n) is 27.4. The number of ether oxygens (including phenoxy) is 15. The molecule has 0 radical (unpaired) electrons. The second-order valence-corrected chi connectivity index (χ2v) is 29.1. The number of esters is 1. The zero-order valence-corrected chi connectivity index (χ0v) is 64.9. The van der Waals surface area contributed by atoms with Gasteiger partial charge in [-0.05, 0) is 57.0 Å². The third-order valence-corrected chi connectivity index (χ3v) is 20.4. The van der Waals surface area contributed by atoms with Crippen molar-refractivity contribution in [3.05, 3.63) is 323 Å². The Bertz CT molecular complexity index is 4140. The number of ketones is 1. The summed E-state index contributed by atoms with van der Waals surface area (Å²) in [6.07, 6.45) is -15.5.